The monoisotopic (exact) mass is 414 g/mol. The first-order valence-corrected chi connectivity index (χ1v) is 10.7. The summed E-state index contributed by atoms with van der Waals surface area (Å²) in [5.41, 5.74) is 3.76. The molecule has 1 atom stereocenters. The van der Waals surface area contributed by atoms with Crippen LogP contribution in [0.5, 0.6) is 0 Å². The number of halogens is 1. The average Bonchev–Trinajstić information content (AvgIpc) is 3.54. The summed E-state index contributed by atoms with van der Waals surface area (Å²) in [5, 5.41) is 3.52. The molecule has 0 bridgehead atoms. The molecule has 4 aromatic rings. The van der Waals surface area contributed by atoms with E-state index in [1.807, 2.05) is 22.8 Å². The lowest BCUT2D eigenvalue weighted by molar-refractivity contribution is 0.369. The lowest BCUT2D eigenvalue weighted by atomic mass is 9.87. The van der Waals surface area contributed by atoms with E-state index in [0.29, 0.717) is 5.41 Å². The average molecular weight is 414 g/mol. The number of aromatic nitrogens is 4. The quantitative estimate of drug-likeness (QED) is 0.552. The van der Waals surface area contributed by atoms with Gasteiger partial charge in [0.15, 0.2) is 5.65 Å². The van der Waals surface area contributed by atoms with E-state index < -0.39 is 0 Å². The van der Waals surface area contributed by atoms with Gasteiger partial charge in [0.05, 0.1) is 5.69 Å². The van der Waals surface area contributed by atoms with Crippen LogP contribution in [0.15, 0.2) is 60.9 Å². The molecule has 2 aliphatic heterocycles. The van der Waals surface area contributed by atoms with Crippen molar-refractivity contribution in [1.29, 1.82) is 0 Å². The van der Waals surface area contributed by atoms with Crippen molar-refractivity contribution in [1.82, 2.24) is 24.8 Å². The topological polar surface area (TPSA) is 58.9 Å². The molecule has 156 valence electrons. The highest BCUT2D eigenvalue weighted by molar-refractivity contribution is 5.81. The van der Waals surface area contributed by atoms with Crippen LogP contribution in [0.2, 0.25) is 0 Å². The maximum absolute atomic E-state index is 13.5. The third kappa shape index (κ3) is 3.16. The summed E-state index contributed by atoms with van der Waals surface area (Å²) >= 11 is 0. The van der Waals surface area contributed by atoms with Crippen LogP contribution in [0.1, 0.15) is 12.8 Å². The van der Waals surface area contributed by atoms with Crippen molar-refractivity contribution in [3.8, 4) is 17.1 Å². The fraction of sp³-hybridized carbons (Fsp3) is 0.292. The standard InChI is InChI=1S/C24H23FN6/c25-18-3-1-17(2-4-18)22-28-20-5-6-21(30-14-10-24(16-30)9-13-27-15-24)29-23(20)31(22)19-7-11-26-12-8-19/h1-8,11-12,27H,9-10,13-16H2. The number of rotatable bonds is 3. The Balaban J connectivity index is 1.48. The molecule has 1 spiro atoms. The molecule has 3 aromatic heterocycles. The van der Waals surface area contributed by atoms with Crippen LogP contribution in [0.25, 0.3) is 28.2 Å². The molecule has 1 N–H and O–H groups in total. The van der Waals surface area contributed by atoms with Crippen molar-refractivity contribution >= 4 is 17.0 Å². The van der Waals surface area contributed by atoms with E-state index in [1.165, 1.54) is 25.0 Å². The Labute approximate surface area is 179 Å². The summed E-state index contributed by atoms with van der Waals surface area (Å²) in [6, 6.07) is 14.4. The zero-order valence-corrected chi connectivity index (χ0v) is 17.1. The normalized spacial score (nSPS) is 20.9. The maximum atomic E-state index is 13.5. The molecule has 0 radical (unpaired) electrons. The number of benzene rings is 1. The Morgan fingerprint density at radius 2 is 1.77 bits per heavy atom. The van der Waals surface area contributed by atoms with Gasteiger partial charge in [-0.15, -0.1) is 0 Å². The molecule has 7 heteroatoms. The summed E-state index contributed by atoms with van der Waals surface area (Å²) < 4.78 is 15.6. The largest absolute Gasteiger partial charge is 0.356 e. The van der Waals surface area contributed by atoms with Gasteiger partial charge in [-0.25, -0.2) is 14.4 Å². The summed E-state index contributed by atoms with van der Waals surface area (Å²) in [5.74, 6) is 1.46. The molecule has 1 unspecified atom stereocenters. The van der Waals surface area contributed by atoms with Crippen molar-refractivity contribution in [2.75, 3.05) is 31.1 Å². The van der Waals surface area contributed by atoms with Crippen LogP contribution < -0.4 is 10.2 Å². The second kappa shape index (κ2) is 7.13. The molecule has 0 saturated carbocycles. The van der Waals surface area contributed by atoms with Crippen molar-refractivity contribution < 1.29 is 4.39 Å². The number of fused-ring (bicyclic) bond motifs is 1. The number of hydrogen-bond acceptors (Lipinski definition) is 5. The van der Waals surface area contributed by atoms with Crippen molar-refractivity contribution in [3.63, 3.8) is 0 Å². The van der Waals surface area contributed by atoms with Gasteiger partial charge in [-0.3, -0.25) is 9.55 Å². The minimum Gasteiger partial charge on any atom is -0.356 e. The Morgan fingerprint density at radius 1 is 0.935 bits per heavy atom. The number of imidazole rings is 1. The number of pyridine rings is 2. The smallest absolute Gasteiger partial charge is 0.167 e. The van der Waals surface area contributed by atoms with Gasteiger partial charge in [-0.2, -0.15) is 0 Å². The summed E-state index contributed by atoms with van der Waals surface area (Å²) in [4.78, 5) is 16.5. The van der Waals surface area contributed by atoms with Gasteiger partial charge in [-0.1, -0.05) is 0 Å². The molecular formula is C24H23FN6. The highest BCUT2D eigenvalue weighted by atomic mass is 19.1. The second-order valence-corrected chi connectivity index (χ2v) is 8.59. The lowest BCUT2D eigenvalue weighted by Gasteiger charge is -2.23. The first kappa shape index (κ1) is 18.4. The highest BCUT2D eigenvalue weighted by Crippen LogP contribution is 2.38. The molecule has 2 aliphatic rings. The number of nitrogens with one attached hydrogen (secondary N) is 1. The predicted octanol–water partition coefficient (Wildman–Crippen LogP) is 3.81. The van der Waals surface area contributed by atoms with Crippen molar-refractivity contribution in [2.45, 2.75) is 12.8 Å². The van der Waals surface area contributed by atoms with Gasteiger partial charge in [-0.05, 0) is 67.9 Å². The Bertz CT molecular complexity index is 1230. The van der Waals surface area contributed by atoms with Crippen molar-refractivity contribution in [3.05, 3.63) is 66.7 Å². The van der Waals surface area contributed by atoms with Crippen LogP contribution in [-0.4, -0.2) is 45.7 Å². The zero-order chi connectivity index (χ0) is 20.8. The molecule has 0 amide bonds. The molecule has 6 nitrogen and oxygen atoms in total. The van der Waals surface area contributed by atoms with Gasteiger partial charge in [0.1, 0.15) is 23.0 Å². The van der Waals surface area contributed by atoms with Gasteiger partial charge >= 0.3 is 0 Å². The molecule has 1 aromatic carbocycles. The fourth-order valence-electron chi connectivity index (χ4n) is 4.93. The Hall–Kier alpha value is -3.32. The molecule has 0 aliphatic carbocycles. The van der Waals surface area contributed by atoms with Crippen LogP contribution in [-0.2, 0) is 0 Å². The molecule has 6 rings (SSSR count). The Kier molecular flexibility index (Phi) is 4.24. The first-order chi connectivity index (χ1) is 15.2. The molecular weight excluding hydrogens is 391 g/mol. The Morgan fingerprint density at radius 3 is 2.55 bits per heavy atom. The van der Waals surface area contributed by atoms with Crippen LogP contribution >= 0.6 is 0 Å². The van der Waals surface area contributed by atoms with E-state index in [4.69, 9.17) is 9.97 Å². The minimum atomic E-state index is -0.264. The summed E-state index contributed by atoms with van der Waals surface area (Å²) in [6.07, 6.45) is 5.95. The fourth-order valence-corrected chi connectivity index (χ4v) is 4.93. The molecule has 2 fully saturated rings. The molecule has 31 heavy (non-hydrogen) atoms. The van der Waals surface area contributed by atoms with Gasteiger partial charge in [0, 0.05) is 43.0 Å². The summed E-state index contributed by atoms with van der Waals surface area (Å²) in [6.45, 7) is 4.26. The second-order valence-electron chi connectivity index (χ2n) is 8.59. The van der Waals surface area contributed by atoms with E-state index >= 15 is 0 Å². The van der Waals surface area contributed by atoms with Crippen LogP contribution in [0.3, 0.4) is 0 Å². The third-order valence-electron chi connectivity index (χ3n) is 6.61. The van der Waals surface area contributed by atoms with Crippen LogP contribution in [0, 0.1) is 11.2 Å². The SMILES string of the molecule is Fc1ccc(-c2nc3ccc(N4CCC5(CCNC5)C4)nc3n2-c2ccncc2)cc1. The van der Waals surface area contributed by atoms with E-state index in [2.05, 4.69) is 21.3 Å². The third-order valence-corrected chi connectivity index (χ3v) is 6.61. The van der Waals surface area contributed by atoms with E-state index in [-0.39, 0.29) is 5.82 Å². The molecule has 5 heterocycles. The minimum absolute atomic E-state index is 0.264. The zero-order valence-electron chi connectivity index (χ0n) is 17.1. The number of anilines is 1. The van der Waals surface area contributed by atoms with Gasteiger partial charge in [0.25, 0.3) is 0 Å². The molecule has 2 saturated heterocycles. The number of nitrogens with zero attached hydrogens (tertiary/aromatic N) is 5. The lowest BCUT2D eigenvalue weighted by Crippen LogP contribution is -2.29. The van der Waals surface area contributed by atoms with Crippen molar-refractivity contribution in [2.24, 2.45) is 5.41 Å². The highest BCUT2D eigenvalue weighted by Gasteiger charge is 2.40. The maximum Gasteiger partial charge on any atom is 0.167 e. The van der Waals surface area contributed by atoms with E-state index in [1.54, 1.807) is 24.5 Å². The van der Waals surface area contributed by atoms with E-state index in [0.717, 1.165) is 60.2 Å². The van der Waals surface area contributed by atoms with Crippen LogP contribution in [0.4, 0.5) is 10.2 Å². The van der Waals surface area contributed by atoms with E-state index in [9.17, 15) is 4.39 Å². The van der Waals surface area contributed by atoms with Gasteiger partial charge < -0.3 is 10.2 Å². The predicted molar refractivity (Wildman–Crippen MR) is 119 cm³/mol. The summed E-state index contributed by atoms with van der Waals surface area (Å²) in [7, 11) is 0. The van der Waals surface area contributed by atoms with Gasteiger partial charge in [0.2, 0.25) is 0 Å². The number of hydrogen-bond donors (Lipinski definition) is 1. The first-order valence-electron chi connectivity index (χ1n) is 10.7.